The van der Waals surface area contributed by atoms with Crippen LogP contribution in [0.3, 0.4) is 0 Å². The van der Waals surface area contributed by atoms with Gasteiger partial charge in [0.1, 0.15) is 0 Å². The Morgan fingerprint density at radius 1 is 1.04 bits per heavy atom. The normalized spacial score (nSPS) is 12.0. The SMILES string of the molecule is Cc1ccc(/C=C/C(=O)O[C@@H](C)C(=O)Nc2cccc(C)c2C)cc1. The number of carbonyl (C=O) groups excluding carboxylic acids is 2. The van der Waals surface area contributed by atoms with Crippen molar-refractivity contribution in [1.29, 1.82) is 0 Å². The third-order valence-electron chi connectivity index (χ3n) is 4.01. The molecule has 1 N–H and O–H groups in total. The zero-order valence-corrected chi connectivity index (χ0v) is 15.0. The molecule has 2 aromatic carbocycles. The number of aryl methyl sites for hydroxylation is 2. The Bertz CT molecular complexity index is 791. The number of carbonyl (C=O) groups is 2. The fourth-order valence-corrected chi connectivity index (χ4v) is 2.23. The molecular weight excluding hydrogens is 314 g/mol. The van der Waals surface area contributed by atoms with Gasteiger partial charge in [-0.05, 0) is 56.5 Å². The smallest absolute Gasteiger partial charge is 0.331 e. The van der Waals surface area contributed by atoms with Gasteiger partial charge in [-0.3, -0.25) is 4.79 Å². The van der Waals surface area contributed by atoms with Gasteiger partial charge in [0.2, 0.25) is 0 Å². The first-order chi connectivity index (χ1) is 11.9. The van der Waals surface area contributed by atoms with Gasteiger partial charge >= 0.3 is 5.97 Å². The van der Waals surface area contributed by atoms with Crippen LogP contribution in [0.2, 0.25) is 0 Å². The molecule has 0 saturated heterocycles. The van der Waals surface area contributed by atoms with Gasteiger partial charge < -0.3 is 10.1 Å². The van der Waals surface area contributed by atoms with Crippen LogP contribution < -0.4 is 5.32 Å². The molecule has 0 aromatic heterocycles. The van der Waals surface area contributed by atoms with Gasteiger partial charge in [0, 0.05) is 11.8 Å². The molecule has 1 atom stereocenters. The van der Waals surface area contributed by atoms with Crippen molar-refractivity contribution in [2.75, 3.05) is 5.32 Å². The molecular formula is C21H23NO3. The fourth-order valence-electron chi connectivity index (χ4n) is 2.23. The van der Waals surface area contributed by atoms with Crippen LogP contribution in [0, 0.1) is 20.8 Å². The molecule has 4 heteroatoms. The quantitative estimate of drug-likeness (QED) is 0.657. The highest BCUT2D eigenvalue weighted by molar-refractivity contribution is 5.97. The molecule has 4 nitrogen and oxygen atoms in total. The number of ether oxygens (including phenoxy) is 1. The van der Waals surface area contributed by atoms with Gasteiger partial charge in [0.15, 0.2) is 6.10 Å². The molecule has 1 amide bonds. The number of anilines is 1. The van der Waals surface area contributed by atoms with Crippen molar-refractivity contribution in [1.82, 2.24) is 0 Å². The van der Waals surface area contributed by atoms with E-state index in [9.17, 15) is 9.59 Å². The van der Waals surface area contributed by atoms with Crippen LogP contribution in [0.4, 0.5) is 5.69 Å². The van der Waals surface area contributed by atoms with Crippen LogP contribution in [0.1, 0.15) is 29.2 Å². The molecule has 2 rings (SSSR count). The highest BCUT2D eigenvalue weighted by Crippen LogP contribution is 2.18. The number of benzene rings is 2. The zero-order valence-electron chi connectivity index (χ0n) is 15.0. The minimum absolute atomic E-state index is 0.356. The summed E-state index contributed by atoms with van der Waals surface area (Å²) in [6.45, 7) is 7.46. The second kappa shape index (κ2) is 8.29. The van der Waals surface area contributed by atoms with Crippen LogP contribution in [-0.4, -0.2) is 18.0 Å². The number of nitrogens with one attached hydrogen (secondary N) is 1. The van der Waals surface area contributed by atoms with Crippen LogP contribution in [-0.2, 0) is 14.3 Å². The van der Waals surface area contributed by atoms with E-state index in [0.29, 0.717) is 0 Å². The van der Waals surface area contributed by atoms with Crippen LogP contribution in [0.25, 0.3) is 6.08 Å². The summed E-state index contributed by atoms with van der Waals surface area (Å²) >= 11 is 0. The minimum atomic E-state index is -0.880. The molecule has 0 aliphatic heterocycles. The maximum Gasteiger partial charge on any atom is 0.331 e. The predicted molar refractivity (Wildman–Crippen MR) is 100 cm³/mol. The van der Waals surface area contributed by atoms with Gasteiger partial charge in [-0.15, -0.1) is 0 Å². The number of rotatable bonds is 5. The maximum atomic E-state index is 12.2. The number of esters is 1. The first kappa shape index (κ1) is 18.5. The molecule has 2 aromatic rings. The molecule has 0 fully saturated rings. The third-order valence-corrected chi connectivity index (χ3v) is 4.01. The Morgan fingerprint density at radius 2 is 1.72 bits per heavy atom. The summed E-state index contributed by atoms with van der Waals surface area (Å²) in [4.78, 5) is 24.1. The molecule has 0 aliphatic rings. The standard InChI is InChI=1S/C21H23NO3/c1-14-8-10-18(11-9-14)12-13-20(23)25-17(4)21(24)22-19-7-5-6-15(2)16(19)3/h5-13,17H,1-4H3,(H,22,24)/b13-12+/t17-/m0/s1. The Labute approximate surface area is 148 Å². The summed E-state index contributed by atoms with van der Waals surface area (Å²) in [7, 11) is 0. The van der Waals surface area contributed by atoms with E-state index < -0.39 is 12.1 Å². The predicted octanol–water partition coefficient (Wildman–Crippen LogP) is 4.20. The van der Waals surface area contributed by atoms with Gasteiger partial charge in [-0.1, -0.05) is 42.0 Å². The molecule has 0 bridgehead atoms. The van der Waals surface area contributed by atoms with Gasteiger partial charge in [0.05, 0.1) is 0 Å². The van der Waals surface area contributed by atoms with E-state index in [2.05, 4.69) is 5.32 Å². The van der Waals surface area contributed by atoms with E-state index >= 15 is 0 Å². The summed E-state index contributed by atoms with van der Waals surface area (Å²) in [5.41, 5.74) is 4.85. The molecule has 0 radical (unpaired) electrons. The first-order valence-corrected chi connectivity index (χ1v) is 8.19. The van der Waals surface area contributed by atoms with Crippen LogP contribution >= 0.6 is 0 Å². The average molecular weight is 337 g/mol. The van der Waals surface area contributed by atoms with E-state index in [0.717, 1.165) is 27.9 Å². The second-order valence-corrected chi connectivity index (χ2v) is 6.06. The first-order valence-electron chi connectivity index (χ1n) is 8.19. The fraction of sp³-hybridized carbons (Fsp3) is 0.238. The molecule has 0 saturated carbocycles. The molecule has 0 unspecified atom stereocenters. The van der Waals surface area contributed by atoms with E-state index in [4.69, 9.17) is 4.74 Å². The topological polar surface area (TPSA) is 55.4 Å². The second-order valence-electron chi connectivity index (χ2n) is 6.06. The molecule has 0 aliphatic carbocycles. The maximum absolute atomic E-state index is 12.2. The third kappa shape index (κ3) is 5.31. The summed E-state index contributed by atoms with van der Waals surface area (Å²) in [6.07, 6.45) is 2.11. The van der Waals surface area contributed by atoms with Gasteiger partial charge in [-0.25, -0.2) is 4.79 Å². The highest BCUT2D eigenvalue weighted by atomic mass is 16.5. The van der Waals surface area contributed by atoms with Crippen molar-refractivity contribution >= 4 is 23.6 Å². The summed E-state index contributed by atoms with van der Waals surface area (Å²) in [6, 6.07) is 13.4. The Balaban J connectivity index is 1.92. The summed E-state index contributed by atoms with van der Waals surface area (Å²) < 4.78 is 5.16. The molecule has 0 spiro atoms. The highest BCUT2D eigenvalue weighted by Gasteiger charge is 2.17. The zero-order chi connectivity index (χ0) is 18.4. The van der Waals surface area contributed by atoms with E-state index in [1.165, 1.54) is 6.08 Å². The van der Waals surface area contributed by atoms with Crippen LogP contribution in [0.5, 0.6) is 0 Å². The summed E-state index contributed by atoms with van der Waals surface area (Å²) in [5, 5.41) is 2.80. The average Bonchev–Trinajstić information content (AvgIpc) is 2.58. The van der Waals surface area contributed by atoms with E-state index in [1.807, 2.05) is 63.2 Å². The Morgan fingerprint density at radius 3 is 2.40 bits per heavy atom. The number of amides is 1. The van der Waals surface area contributed by atoms with Crippen molar-refractivity contribution < 1.29 is 14.3 Å². The van der Waals surface area contributed by atoms with Gasteiger partial charge in [-0.2, -0.15) is 0 Å². The minimum Gasteiger partial charge on any atom is -0.449 e. The lowest BCUT2D eigenvalue weighted by Crippen LogP contribution is -2.29. The monoisotopic (exact) mass is 337 g/mol. The van der Waals surface area contributed by atoms with E-state index in [-0.39, 0.29) is 5.91 Å². The Kier molecular flexibility index (Phi) is 6.12. The molecule has 25 heavy (non-hydrogen) atoms. The lowest BCUT2D eigenvalue weighted by atomic mass is 10.1. The lowest BCUT2D eigenvalue weighted by Gasteiger charge is -2.14. The van der Waals surface area contributed by atoms with Gasteiger partial charge in [0.25, 0.3) is 5.91 Å². The number of hydrogen-bond acceptors (Lipinski definition) is 3. The number of hydrogen-bond donors (Lipinski definition) is 1. The Hall–Kier alpha value is -2.88. The largest absolute Gasteiger partial charge is 0.449 e. The summed E-state index contributed by atoms with van der Waals surface area (Å²) in [5.74, 6) is -0.907. The van der Waals surface area contributed by atoms with E-state index in [1.54, 1.807) is 13.0 Å². The molecule has 0 heterocycles. The van der Waals surface area contributed by atoms with Crippen molar-refractivity contribution in [3.8, 4) is 0 Å². The lowest BCUT2D eigenvalue weighted by molar-refractivity contribution is -0.148. The van der Waals surface area contributed by atoms with Crippen molar-refractivity contribution in [3.05, 3.63) is 70.8 Å². The van der Waals surface area contributed by atoms with Crippen molar-refractivity contribution in [3.63, 3.8) is 0 Å². The van der Waals surface area contributed by atoms with Crippen molar-refractivity contribution in [2.45, 2.75) is 33.8 Å². The molecule has 130 valence electrons. The van der Waals surface area contributed by atoms with Crippen LogP contribution in [0.15, 0.2) is 48.5 Å². The van der Waals surface area contributed by atoms with Crippen molar-refractivity contribution in [2.24, 2.45) is 0 Å².